The smallest absolute Gasteiger partial charge is 0.248 e. The Morgan fingerprint density at radius 1 is 1.00 bits per heavy atom. The molecule has 1 amide bonds. The molecule has 0 bridgehead atoms. The first-order chi connectivity index (χ1) is 15.1. The van der Waals surface area contributed by atoms with Gasteiger partial charge in [0.2, 0.25) is 5.91 Å². The van der Waals surface area contributed by atoms with Gasteiger partial charge in [-0.05, 0) is 24.6 Å². The van der Waals surface area contributed by atoms with E-state index in [0.717, 1.165) is 17.1 Å². The molecule has 1 saturated heterocycles. The molecule has 2 heterocycles. The normalized spacial score (nSPS) is 14.0. The maximum Gasteiger partial charge on any atom is 0.248 e. The highest BCUT2D eigenvalue weighted by molar-refractivity contribution is 5.77. The van der Waals surface area contributed by atoms with Crippen molar-refractivity contribution in [2.24, 2.45) is 0 Å². The monoisotopic (exact) mass is 420 g/mol. The van der Waals surface area contributed by atoms with Crippen molar-refractivity contribution in [1.29, 1.82) is 0 Å². The van der Waals surface area contributed by atoms with Crippen LogP contribution in [0.2, 0.25) is 0 Å². The summed E-state index contributed by atoms with van der Waals surface area (Å²) in [4.78, 5) is 25.5. The predicted octanol–water partition coefficient (Wildman–Crippen LogP) is 3.46. The van der Waals surface area contributed by atoms with Gasteiger partial charge in [0.15, 0.2) is 5.82 Å². The summed E-state index contributed by atoms with van der Waals surface area (Å²) in [5.74, 6) is 0.974. The van der Waals surface area contributed by atoms with Crippen LogP contribution in [0.25, 0.3) is 11.4 Å². The number of carbonyl (C=O) groups is 1. The lowest BCUT2D eigenvalue weighted by Crippen LogP contribution is -2.50. The highest BCUT2D eigenvalue weighted by Gasteiger charge is 2.22. The Hall–Kier alpha value is -3.32. The number of amides is 1. The third-order valence-electron chi connectivity index (χ3n) is 5.22. The van der Waals surface area contributed by atoms with Crippen LogP contribution in [-0.4, -0.2) is 53.6 Å². The van der Waals surface area contributed by atoms with Crippen molar-refractivity contribution < 1.29 is 13.9 Å². The average Bonchev–Trinajstić information content (AvgIpc) is 2.79. The van der Waals surface area contributed by atoms with Gasteiger partial charge in [0, 0.05) is 43.5 Å². The van der Waals surface area contributed by atoms with Crippen molar-refractivity contribution in [2.75, 3.05) is 37.7 Å². The first kappa shape index (κ1) is 20.9. The van der Waals surface area contributed by atoms with E-state index >= 15 is 0 Å². The van der Waals surface area contributed by atoms with Crippen molar-refractivity contribution >= 4 is 11.7 Å². The van der Waals surface area contributed by atoms with E-state index in [9.17, 15) is 9.18 Å². The van der Waals surface area contributed by atoms with Gasteiger partial charge in [-0.3, -0.25) is 4.79 Å². The summed E-state index contributed by atoms with van der Waals surface area (Å²) in [5.41, 5.74) is 2.51. The highest BCUT2D eigenvalue weighted by Crippen LogP contribution is 2.22. The third-order valence-corrected chi connectivity index (χ3v) is 5.22. The number of anilines is 1. The van der Waals surface area contributed by atoms with Gasteiger partial charge >= 0.3 is 0 Å². The molecule has 1 aliphatic heterocycles. The maximum absolute atomic E-state index is 13.6. The topological polar surface area (TPSA) is 58.6 Å². The first-order valence-corrected chi connectivity index (χ1v) is 10.3. The van der Waals surface area contributed by atoms with Crippen LogP contribution in [-0.2, 0) is 16.1 Å². The zero-order valence-electron chi connectivity index (χ0n) is 17.5. The number of aryl methyl sites for hydroxylation is 1. The number of piperazine rings is 1. The number of hydrogen-bond donors (Lipinski definition) is 0. The van der Waals surface area contributed by atoms with E-state index in [1.54, 1.807) is 12.1 Å². The minimum Gasteiger partial charge on any atom is -0.367 e. The molecule has 0 spiro atoms. The molecule has 0 radical (unpaired) electrons. The summed E-state index contributed by atoms with van der Waals surface area (Å²) in [6.07, 6.45) is 0. The Kier molecular flexibility index (Phi) is 6.52. The Balaban J connectivity index is 1.33. The number of hydrogen-bond acceptors (Lipinski definition) is 5. The summed E-state index contributed by atoms with van der Waals surface area (Å²) in [6.45, 7) is 4.95. The molecule has 160 valence electrons. The molecule has 4 rings (SSSR count). The molecule has 1 aliphatic rings. The summed E-state index contributed by atoms with van der Waals surface area (Å²) in [5, 5.41) is 0. The summed E-state index contributed by atoms with van der Waals surface area (Å²) in [6, 6.07) is 18.0. The molecule has 31 heavy (non-hydrogen) atoms. The van der Waals surface area contributed by atoms with E-state index in [-0.39, 0.29) is 18.3 Å². The van der Waals surface area contributed by atoms with Gasteiger partial charge in [-0.25, -0.2) is 14.4 Å². The quantitative estimate of drug-likeness (QED) is 0.611. The molecule has 0 saturated carbocycles. The molecule has 3 aromatic rings. The Labute approximate surface area is 181 Å². The molecule has 0 N–H and O–H groups in total. The molecular weight excluding hydrogens is 395 g/mol. The molecule has 1 fully saturated rings. The van der Waals surface area contributed by atoms with Crippen LogP contribution in [0.3, 0.4) is 0 Å². The molecule has 2 aromatic carbocycles. The number of nitrogens with zero attached hydrogens (tertiary/aromatic N) is 4. The van der Waals surface area contributed by atoms with E-state index in [2.05, 4.69) is 14.9 Å². The van der Waals surface area contributed by atoms with Crippen LogP contribution >= 0.6 is 0 Å². The van der Waals surface area contributed by atoms with Gasteiger partial charge < -0.3 is 14.5 Å². The Morgan fingerprint density at radius 3 is 2.52 bits per heavy atom. The number of rotatable bonds is 6. The van der Waals surface area contributed by atoms with Crippen molar-refractivity contribution in [3.05, 3.63) is 77.7 Å². The Bertz CT molecular complexity index is 1040. The van der Waals surface area contributed by atoms with Gasteiger partial charge in [0.25, 0.3) is 0 Å². The molecule has 0 atom stereocenters. The van der Waals surface area contributed by atoms with Crippen molar-refractivity contribution in [3.63, 3.8) is 0 Å². The number of benzene rings is 2. The largest absolute Gasteiger partial charge is 0.367 e. The van der Waals surface area contributed by atoms with E-state index < -0.39 is 0 Å². The number of ether oxygens (including phenoxy) is 1. The molecule has 6 nitrogen and oxygen atoms in total. The lowest BCUT2D eigenvalue weighted by molar-refractivity contribution is -0.136. The van der Waals surface area contributed by atoms with Crippen molar-refractivity contribution in [1.82, 2.24) is 14.9 Å². The van der Waals surface area contributed by atoms with E-state index in [0.29, 0.717) is 44.2 Å². The fourth-order valence-electron chi connectivity index (χ4n) is 3.58. The van der Waals surface area contributed by atoms with Gasteiger partial charge in [0.05, 0.1) is 6.61 Å². The number of carbonyl (C=O) groups excluding carboxylic acids is 1. The zero-order chi connectivity index (χ0) is 21.6. The fourth-order valence-corrected chi connectivity index (χ4v) is 3.58. The molecule has 0 aliphatic carbocycles. The minimum absolute atomic E-state index is 0.00472. The SMILES string of the molecule is Cc1cc(N2CCN(C(=O)COCc3ccccc3)CC2)nc(-c2cccc(F)c2)n1. The summed E-state index contributed by atoms with van der Waals surface area (Å²) < 4.78 is 19.2. The van der Waals surface area contributed by atoms with Gasteiger partial charge in [-0.1, -0.05) is 42.5 Å². The number of aromatic nitrogens is 2. The van der Waals surface area contributed by atoms with Crippen LogP contribution in [0.1, 0.15) is 11.3 Å². The predicted molar refractivity (Wildman–Crippen MR) is 117 cm³/mol. The van der Waals surface area contributed by atoms with Gasteiger partial charge in [-0.15, -0.1) is 0 Å². The highest BCUT2D eigenvalue weighted by atomic mass is 19.1. The van der Waals surface area contributed by atoms with Crippen LogP contribution in [0.15, 0.2) is 60.7 Å². The third kappa shape index (κ3) is 5.44. The van der Waals surface area contributed by atoms with Crippen LogP contribution < -0.4 is 4.90 Å². The van der Waals surface area contributed by atoms with Crippen molar-refractivity contribution in [3.8, 4) is 11.4 Å². The van der Waals surface area contributed by atoms with Crippen LogP contribution in [0.5, 0.6) is 0 Å². The second-order valence-electron chi connectivity index (χ2n) is 7.55. The zero-order valence-corrected chi connectivity index (χ0v) is 17.5. The standard InChI is InChI=1S/C24H25FN4O2/c1-18-14-22(27-24(26-18)20-8-5-9-21(25)15-20)28-10-12-29(13-11-28)23(30)17-31-16-19-6-3-2-4-7-19/h2-9,14-15H,10-13,16-17H2,1H3. The lowest BCUT2D eigenvalue weighted by atomic mass is 10.2. The summed E-state index contributed by atoms with van der Waals surface area (Å²) >= 11 is 0. The lowest BCUT2D eigenvalue weighted by Gasteiger charge is -2.35. The second-order valence-corrected chi connectivity index (χ2v) is 7.55. The maximum atomic E-state index is 13.6. The molecule has 1 aromatic heterocycles. The summed E-state index contributed by atoms with van der Waals surface area (Å²) in [7, 11) is 0. The van der Waals surface area contributed by atoms with Gasteiger partial charge in [0.1, 0.15) is 18.2 Å². The molecule has 0 unspecified atom stereocenters. The van der Waals surface area contributed by atoms with E-state index in [1.165, 1.54) is 12.1 Å². The molecular formula is C24H25FN4O2. The first-order valence-electron chi connectivity index (χ1n) is 10.3. The van der Waals surface area contributed by atoms with Crippen molar-refractivity contribution in [2.45, 2.75) is 13.5 Å². The van der Waals surface area contributed by atoms with Crippen LogP contribution in [0, 0.1) is 12.7 Å². The average molecular weight is 420 g/mol. The molecule has 7 heteroatoms. The minimum atomic E-state index is -0.314. The van der Waals surface area contributed by atoms with E-state index in [1.807, 2.05) is 48.2 Å². The Morgan fingerprint density at radius 2 is 1.77 bits per heavy atom. The second kappa shape index (κ2) is 9.66. The van der Waals surface area contributed by atoms with Gasteiger partial charge in [-0.2, -0.15) is 0 Å². The van der Waals surface area contributed by atoms with E-state index in [4.69, 9.17) is 4.74 Å². The fraction of sp³-hybridized carbons (Fsp3) is 0.292. The number of halogens is 1. The van der Waals surface area contributed by atoms with Crippen LogP contribution in [0.4, 0.5) is 10.2 Å².